The monoisotopic (exact) mass is 304 g/mol. The SMILES string of the molecule is CCNCc1nc(C2CCCS2)sc1-c1ccccc1. The van der Waals surface area contributed by atoms with E-state index in [-0.39, 0.29) is 0 Å². The topological polar surface area (TPSA) is 24.9 Å². The minimum atomic E-state index is 0.623. The van der Waals surface area contributed by atoms with Gasteiger partial charge >= 0.3 is 0 Å². The van der Waals surface area contributed by atoms with Gasteiger partial charge in [0.05, 0.1) is 15.8 Å². The molecule has 1 aromatic carbocycles. The third-order valence-corrected chi connectivity index (χ3v) is 6.29. The summed E-state index contributed by atoms with van der Waals surface area (Å²) in [5.74, 6) is 1.29. The number of hydrogen-bond donors (Lipinski definition) is 1. The van der Waals surface area contributed by atoms with Crippen LogP contribution in [0.15, 0.2) is 30.3 Å². The number of benzene rings is 1. The van der Waals surface area contributed by atoms with Gasteiger partial charge < -0.3 is 5.32 Å². The molecule has 1 unspecified atom stereocenters. The van der Waals surface area contributed by atoms with Gasteiger partial charge in [0.2, 0.25) is 0 Å². The summed E-state index contributed by atoms with van der Waals surface area (Å²) in [5.41, 5.74) is 2.51. The minimum Gasteiger partial charge on any atom is -0.311 e. The van der Waals surface area contributed by atoms with Crippen LogP contribution >= 0.6 is 23.1 Å². The first kappa shape index (κ1) is 14.1. The summed E-state index contributed by atoms with van der Waals surface area (Å²) in [4.78, 5) is 6.28. The Balaban J connectivity index is 1.93. The first-order valence-corrected chi connectivity index (χ1v) is 9.12. The fourth-order valence-electron chi connectivity index (χ4n) is 2.46. The van der Waals surface area contributed by atoms with Crippen molar-refractivity contribution in [1.82, 2.24) is 10.3 Å². The molecule has 1 atom stereocenters. The van der Waals surface area contributed by atoms with E-state index in [4.69, 9.17) is 4.98 Å². The third-order valence-electron chi connectivity index (χ3n) is 3.50. The highest BCUT2D eigenvalue weighted by Crippen LogP contribution is 2.44. The van der Waals surface area contributed by atoms with Gasteiger partial charge in [0.1, 0.15) is 5.01 Å². The minimum absolute atomic E-state index is 0.623. The molecule has 0 saturated carbocycles. The van der Waals surface area contributed by atoms with Crippen molar-refractivity contribution in [2.24, 2.45) is 0 Å². The Hall–Kier alpha value is -0.840. The van der Waals surface area contributed by atoms with E-state index < -0.39 is 0 Å². The number of thiazole rings is 1. The van der Waals surface area contributed by atoms with Gasteiger partial charge in [0.15, 0.2) is 0 Å². The first-order valence-electron chi connectivity index (χ1n) is 7.26. The third kappa shape index (κ3) is 3.08. The molecule has 20 heavy (non-hydrogen) atoms. The summed E-state index contributed by atoms with van der Waals surface area (Å²) < 4.78 is 0. The molecule has 4 heteroatoms. The quantitative estimate of drug-likeness (QED) is 0.881. The average molecular weight is 304 g/mol. The Morgan fingerprint density at radius 1 is 1.30 bits per heavy atom. The summed E-state index contributed by atoms with van der Waals surface area (Å²) >= 11 is 3.95. The van der Waals surface area contributed by atoms with Crippen molar-refractivity contribution in [2.45, 2.75) is 31.6 Å². The number of aromatic nitrogens is 1. The van der Waals surface area contributed by atoms with Crippen molar-refractivity contribution >= 4 is 23.1 Å². The van der Waals surface area contributed by atoms with Crippen molar-refractivity contribution in [3.8, 4) is 10.4 Å². The van der Waals surface area contributed by atoms with Gasteiger partial charge in [-0.05, 0) is 30.7 Å². The van der Waals surface area contributed by atoms with Gasteiger partial charge in [-0.2, -0.15) is 11.8 Å². The molecule has 0 aliphatic carbocycles. The van der Waals surface area contributed by atoms with E-state index in [2.05, 4.69) is 54.3 Å². The molecular weight excluding hydrogens is 284 g/mol. The Bertz CT molecular complexity index is 545. The van der Waals surface area contributed by atoms with E-state index in [9.17, 15) is 0 Å². The summed E-state index contributed by atoms with van der Waals surface area (Å²) in [6.07, 6.45) is 2.62. The fourth-order valence-corrected chi connectivity index (χ4v) is 5.06. The number of hydrogen-bond acceptors (Lipinski definition) is 4. The molecule has 1 fully saturated rings. The van der Waals surface area contributed by atoms with Gasteiger partial charge in [-0.1, -0.05) is 37.3 Å². The van der Waals surface area contributed by atoms with Crippen LogP contribution in [0.1, 0.15) is 35.7 Å². The lowest BCUT2D eigenvalue weighted by molar-refractivity contribution is 0.710. The van der Waals surface area contributed by atoms with Crippen LogP contribution in [0.25, 0.3) is 10.4 Å². The largest absolute Gasteiger partial charge is 0.311 e. The van der Waals surface area contributed by atoms with Crippen LogP contribution in [0.3, 0.4) is 0 Å². The predicted molar refractivity (Wildman–Crippen MR) is 89.4 cm³/mol. The second-order valence-corrected chi connectivity index (χ2v) is 7.32. The molecule has 1 aromatic heterocycles. The van der Waals surface area contributed by atoms with Gasteiger partial charge in [-0.15, -0.1) is 11.3 Å². The van der Waals surface area contributed by atoms with Crippen LogP contribution in [-0.2, 0) is 6.54 Å². The van der Waals surface area contributed by atoms with Crippen molar-refractivity contribution in [2.75, 3.05) is 12.3 Å². The van der Waals surface area contributed by atoms with Crippen molar-refractivity contribution in [3.63, 3.8) is 0 Å². The molecule has 0 amide bonds. The molecule has 2 aromatic rings. The zero-order valence-electron chi connectivity index (χ0n) is 11.8. The van der Waals surface area contributed by atoms with Crippen LogP contribution in [0.2, 0.25) is 0 Å². The van der Waals surface area contributed by atoms with Crippen LogP contribution in [-0.4, -0.2) is 17.3 Å². The maximum Gasteiger partial charge on any atom is 0.107 e. The zero-order valence-corrected chi connectivity index (χ0v) is 13.4. The first-order chi connectivity index (χ1) is 9.88. The molecule has 2 heterocycles. The van der Waals surface area contributed by atoms with Crippen LogP contribution in [0.4, 0.5) is 0 Å². The van der Waals surface area contributed by atoms with E-state index in [1.165, 1.54) is 39.7 Å². The summed E-state index contributed by atoms with van der Waals surface area (Å²) in [7, 11) is 0. The molecule has 0 spiro atoms. The van der Waals surface area contributed by atoms with E-state index in [0.717, 1.165) is 13.1 Å². The Labute approximate surface area is 129 Å². The van der Waals surface area contributed by atoms with Gasteiger partial charge in [0.25, 0.3) is 0 Å². The highest BCUT2D eigenvalue weighted by Gasteiger charge is 2.23. The van der Waals surface area contributed by atoms with Gasteiger partial charge in [0, 0.05) is 6.54 Å². The second-order valence-electron chi connectivity index (χ2n) is 4.98. The molecule has 1 aliphatic rings. The van der Waals surface area contributed by atoms with Crippen molar-refractivity contribution in [3.05, 3.63) is 41.0 Å². The second kappa shape index (κ2) is 6.74. The molecular formula is C16H20N2S2. The predicted octanol–water partition coefficient (Wildman–Crippen LogP) is 4.49. The lowest BCUT2D eigenvalue weighted by Gasteiger charge is -2.02. The smallest absolute Gasteiger partial charge is 0.107 e. The average Bonchev–Trinajstić information content (AvgIpc) is 3.15. The molecule has 0 radical (unpaired) electrons. The Kier molecular flexibility index (Phi) is 4.76. The summed E-state index contributed by atoms with van der Waals surface area (Å²) in [6.45, 7) is 4.00. The number of nitrogens with zero attached hydrogens (tertiary/aromatic N) is 1. The standard InChI is InChI=1S/C16H20N2S2/c1-2-17-11-13-15(12-7-4-3-5-8-12)20-16(18-13)14-9-6-10-19-14/h3-5,7-8,14,17H,2,6,9-11H2,1H3. The van der Waals surface area contributed by atoms with E-state index in [0.29, 0.717) is 5.25 Å². The molecule has 3 rings (SSSR count). The molecule has 1 N–H and O–H groups in total. The Morgan fingerprint density at radius 2 is 2.15 bits per heavy atom. The van der Waals surface area contributed by atoms with Crippen molar-refractivity contribution in [1.29, 1.82) is 0 Å². The number of nitrogens with one attached hydrogen (secondary N) is 1. The lowest BCUT2D eigenvalue weighted by atomic mass is 10.1. The molecule has 0 bridgehead atoms. The lowest BCUT2D eigenvalue weighted by Crippen LogP contribution is -2.12. The highest BCUT2D eigenvalue weighted by molar-refractivity contribution is 7.99. The van der Waals surface area contributed by atoms with E-state index in [1.54, 1.807) is 0 Å². The normalized spacial score (nSPS) is 18.6. The number of rotatable bonds is 5. The van der Waals surface area contributed by atoms with Gasteiger partial charge in [-0.25, -0.2) is 4.98 Å². The molecule has 1 saturated heterocycles. The molecule has 2 nitrogen and oxygen atoms in total. The van der Waals surface area contributed by atoms with Gasteiger partial charge in [-0.3, -0.25) is 0 Å². The maximum atomic E-state index is 4.94. The summed E-state index contributed by atoms with van der Waals surface area (Å²) in [6, 6.07) is 10.7. The van der Waals surface area contributed by atoms with E-state index in [1.807, 2.05) is 11.3 Å². The van der Waals surface area contributed by atoms with Crippen LogP contribution in [0, 0.1) is 0 Å². The summed E-state index contributed by atoms with van der Waals surface area (Å²) in [5, 5.41) is 5.36. The number of thioether (sulfide) groups is 1. The van der Waals surface area contributed by atoms with Crippen molar-refractivity contribution < 1.29 is 0 Å². The molecule has 1 aliphatic heterocycles. The van der Waals surface area contributed by atoms with Crippen LogP contribution < -0.4 is 5.32 Å². The zero-order chi connectivity index (χ0) is 13.8. The van der Waals surface area contributed by atoms with E-state index >= 15 is 0 Å². The van der Waals surface area contributed by atoms with Crippen LogP contribution in [0.5, 0.6) is 0 Å². The Morgan fingerprint density at radius 3 is 2.85 bits per heavy atom. The highest BCUT2D eigenvalue weighted by atomic mass is 32.2. The fraction of sp³-hybridized carbons (Fsp3) is 0.438. The molecule has 106 valence electrons. The maximum absolute atomic E-state index is 4.94.